The Morgan fingerprint density at radius 2 is 0.875 bits per heavy atom. The lowest BCUT2D eigenvalue weighted by molar-refractivity contribution is -0.849. The van der Waals surface area contributed by atoms with Crippen LogP contribution < -0.4 is 4.70 Å². The fourth-order valence-corrected chi connectivity index (χ4v) is 0. The average molecular weight is 125 g/mol. The maximum atomic E-state index is 7.00. The van der Waals surface area contributed by atoms with Crippen LogP contribution in [0.4, 0.5) is 0 Å². The lowest BCUT2D eigenvalue weighted by atomic mass is 10.8. The zero-order chi connectivity index (χ0) is 6.50. The van der Waals surface area contributed by atoms with Gasteiger partial charge in [-0.05, 0) is 0 Å². The van der Waals surface area contributed by atoms with Crippen LogP contribution in [0.15, 0.2) is 0 Å². The summed E-state index contributed by atoms with van der Waals surface area (Å²) in [5.41, 5.74) is 0. The van der Waals surface area contributed by atoms with E-state index in [9.17, 15) is 0 Å². The van der Waals surface area contributed by atoms with E-state index in [1.807, 2.05) is 0 Å². The van der Waals surface area contributed by atoms with Crippen LogP contribution in [0.3, 0.4) is 0 Å². The molecule has 0 amide bonds. The number of quaternary nitrogens is 1. The Morgan fingerprint density at radius 1 is 0.875 bits per heavy atom. The molecular weight excluding hydrogens is 109 g/mol. The fourth-order valence-electron chi connectivity index (χ4n) is 0. The topological polar surface area (TPSA) is 20.2 Å². The molecule has 0 aromatic rings. The van der Waals surface area contributed by atoms with Crippen molar-refractivity contribution in [2.45, 2.75) is 0 Å². The van der Waals surface area contributed by atoms with E-state index >= 15 is 0 Å². The second-order valence-electron chi connectivity index (χ2n) is 2.68. The quantitative estimate of drug-likeness (QED) is 0.341. The molecule has 0 aliphatic carbocycles. The highest BCUT2D eigenvalue weighted by atomic mass is 19.0. The van der Waals surface area contributed by atoms with E-state index in [0.29, 0.717) is 0 Å². The molecular formula is C5H16FNO. The molecule has 0 fully saturated rings. The summed E-state index contributed by atoms with van der Waals surface area (Å²) < 4.78 is 1.00. The Kier molecular flexibility index (Phi) is 13.4. The zero-order valence-corrected chi connectivity index (χ0v) is 6.27. The van der Waals surface area contributed by atoms with Gasteiger partial charge in [0.1, 0.15) is 0 Å². The van der Waals surface area contributed by atoms with Gasteiger partial charge in [0.25, 0.3) is 0 Å². The smallest absolute Gasteiger partial charge is 0.0675 e. The van der Waals surface area contributed by atoms with Crippen LogP contribution >= 0.6 is 0 Å². The number of aliphatic hydroxyl groups excluding tert-OH is 1. The molecule has 3 heteroatoms. The molecule has 0 aromatic heterocycles. The van der Waals surface area contributed by atoms with Crippen molar-refractivity contribution >= 4 is 0 Å². The van der Waals surface area contributed by atoms with Crippen molar-refractivity contribution in [1.29, 1.82) is 0 Å². The maximum Gasteiger partial charge on any atom is 0.0675 e. The van der Waals surface area contributed by atoms with Crippen LogP contribution in [-0.4, -0.2) is 44.9 Å². The minimum atomic E-state index is 0. The SMILES string of the molecule is CO.C[N+](C)(C)C.[F-]. The Hall–Kier alpha value is -0.150. The van der Waals surface area contributed by atoms with Crippen LogP contribution in [-0.2, 0) is 0 Å². The van der Waals surface area contributed by atoms with Crippen molar-refractivity contribution in [3.05, 3.63) is 0 Å². The molecule has 0 radical (unpaired) electrons. The summed E-state index contributed by atoms with van der Waals surface area (Å²) in [6.07, 6.45) is 0. The van der Waals surface area contributed by atoms with E-state index in [4.69, 9.17) is 5.11 Å². The van der Waals surface area contributed by atoms with Gasteiger partial charge in [0.2, 0.25) is 0 Å². The van der Waals surface area contributed by atoms with E-state index in [1.54, 1.807) is 0 Å². The van der Waals surface area contributed by atoms with E-state index in [0.717, 1.165) is 11.6 Å². The summed E-state index contributed by atoms with van der Waals surface area (Å²) in [6.45, 7) is 0. The molecule has 8 heavy (non-hydrogen) atoms. The summed E-state index contributed by atoms with van der Waals surface area (Å²) in [5.74, 6) is 0. The van der Waals surface area contributed by atoms with E-state index in [2.05, 4.69) is 28.2 Å². The second kappa shape index (κ2) is 6.85. The number of hydrogen-bond donors (Lipinski definition) is 1. The largest absolute Gasteiger partial charge is 1.00 e. The standard InChI is InChI=1S/C4H12N.CH4O.FH/c1-5(2,3)4;1-2;/h1-4H3;2H,1H3;1H/q+1;;/p-1. The van der Waals surface area contributed by atoms with E-state index in [1.165, 1.54) is 0 Å². The minimum Gasteiger partial charge on any atom is -1.00 e. The molecule has 0 aliphatic heterocycles. The number of rotatable bonds is 0. The Morgan fingerprint density at radius 3 is 0.875 bits per heavy atom. The third-order valence-electron chi connectivity index (χ3n) is 0. The Balaban J connectivity index is -0.0000000750. The maximum absolute atomic E-state index is 7.00. The molecule has 0 atom stereocenters. The molecule has 1 N–H and O–H groups in total. The van der Waals surface area contributed by atoms with Gasteiger partial charge in [-0.3, -0.25) is 0 Å². The summed E-state index contributed by atoms with van der Waals surface area (Å²) in [7, 11) is 9.50. The first-order valence-electron chi connectivity index (χ1n) is 2.24. The van der Waals surface area contributed by atoms with Gasteiger partial charge in [-0.2, -0.15) is 0 Å². The van der Waals surface area contributed by atoms with Crippen molar-refractivity contribution in [1.82, 2.24) is 0 Å². The van der Waals surface area contributed by atoms with Crippen LogP contribution in [0.2, 0.25) is 0 Å². The van der Waals surface area contributed by atoms with Crippen LogP contribution in [0.5, 0.6) is 0 Å². The van der Waals surface area contributed by atoms with Crippen molar-refractivity contribution in [3.8, 4) is 0 Å². The normalized spacial score (nSPS) is 8.25. The molecule has 0 rings (SSSR count). The van der Waals surface area contributed by atoms with Gasteiger partial charge in [0, 0.05) is 7.11 Å². The van der Waals surface area contributed by atoms with Crippen LogP contribution in [0.25, 0.3) is 0 Å². The van der Waals surface area contributed by atoms with Gasteiger partial charge in [0.15, 0.2) is 0 Å². The summed E-state index contributed by atoms with van der Waals surface area (Å²) in [6, 6.07) is 0. The predicted octanol–water partition coefficient (Wildman–Crippen LogP) is -3.07. The molecule has 0 heterocycles. The highest BCUT2D eigenvalue weighted by Crippen LogP contribution is 1.73. The highest BCUT2D eigenvalue weighted by molar-refractivity contribution is 3.87. The number of hydrogen-bond acceptors (Lipinski definition) is 1. The molecule has 0 aliphatic rings. The average Bonchev–Trinajstić information content (AvgIpc) is 1.36. The molecule has 0 unspecified atom stereocenters. The van der Waals surface area contributed by atoms with E-state index in [-0.39, 0.29) is 4.70 Å². The first kappa shape index (κ1) is 15.7. The summed E-state index contributed by atoms with van der Waals surface area (Å²) >= 11 is 0. The number of nitrogens with zero attached hydrogens (tertiary/aromatic N) is 1. The first-order valence-corrected chi connectivity index (χ1v) is 2.24. The Labute approximate surface area is 50.7 Å². The van der Waals surface area contributed by atoms with Gasteiger partial charge in [0.05, 0.1) is 28.2 Å². The van der Waals surface area contributed by atoms with Crippen molar-refractivity contribution < 1.29 is 14.3 Å². The lowest BCUT2D eigenvalue weighted by Crippen LogP contribution is -3.00. The summed E-state index contributed by atoms with van der Waals surface area (Å²) in [4.78, 5) is 0. The number of halogens is 1. The van der Waals surface area contributed by atoms with Crippen molar-refractivity contribution in [2.24, 2.45) is 0 Å². The third kappa shape index (κ3) is 6120. The first-order chi connectivity index (χ1) is 3.00. The van der Waals surface area contributed by atoms with Crippen LogP contribution in [0.1, 0.15) is 0 Å². The molecule has 0 saturated carbocycles. The zero-order valence-electron chi connectivity index (χ0n) is 6.27. The molecule has 0 saturated heterocycles. The molecule has 2 nitrogen and oxygen atoms in total. The minimum absolute atomic E-state index is 0. The lowest BCUT2D eigenvalue weighted by Gasteiger charge is -2.14. The summed E-state index contributed by atoms with van der Waals surface area (Å²) in [5, 5.41) is 7.00. The van der Waals surface area contributed by atoms with Crippen molar-refractivity contribution in [2.75, 3.05) is 35.3 Å². The van der Waals surface area contributed by atoms with Gasteiger partial charge in [-0.15, -0.1) is 0 Å². The monoisotopic (exact) mass is 125 g/mol. The highest BCUT2D eigenvalue weighted by Gasteiger charge is 1.88. The van der Waals surface area contributed by atoms with Crippen LogP contribution in [0, 0.1) is 0 Å². The third-order valence-corrected chi connectivity index (χ3v) is 0. The van der Waals surface area contributed by atoms with Gasteiger partial charge < -0.3 is 14.3 Å². The number of aliphatic hydroxyl groups is 1. The molecule has 0 aromatic carbocycles. The fraction of sp³-hybridized carbons (Fsp3) is 1.00. The molecule has 0 bridgehead atoms. The van der Waals surface area contributed by atoms with E-state index < -0.39 is 0 Å². The van der Waals surface area contributed by atoms with Crippen molar-refractivity contribution in [3.63, 3.8) is 0 Å². The predicted molar refractivity (Wildman–Crippen MR) is 32.1 cm³/mol. The van der Waals surface area contributed by atoms with Gasteiger partial charge in [-0.25, -0.2) is 0 Å². The molecule has 54 valence electrons. The Bertz CT molecular complexity index is 27.9. The van der Waals surface area contributed by atoms with Gasteiger partial charge >= 0.3 is 0 Å². The van der Waals surface area contributed by atoms with Gasteiger partial charge in [-0.1, -0.05) is 0 Å². The second-order valence-corrected chi connectivity index (χ2v) is 2.68. The molecule has 0 spiro atoms.